The van der Waals surface area contributed by atoms with Crippen molar-refractivity contribution in [2.45, 2.75) is 123 Å². The fraction of sp³-hybridized carbons (Fsp3) is 0.933. The molecule has 0 saturated carbocycles. The van der Waals surface area contributed by atoms with Crippen LogP contribution in [0.2, 0.25) is 0 Å². The summed E-state index contributed by atoms with van der Waals surface area (Å²) >= 11 is 0. The van der Waals surface area contributed by atoms with Crippen molar-refractivity contribution < 1.29 is 43.5 Å². The van der Waals surface area contributed by atoms with E-state index in [9.17, 15) is 14.7 Å². The van der Waals surface area contributed by atoms with Gasteiger partial charge in [-0.2, -0.15) is 0 Å². The highest BCUT2D eigenvalue weighted by atomic mass is 16.6. The van der Waals surface area contributed by atoms with Crippen LogP contribution in [0.3, 0.4) is 0 Å². The predicted molar refractivity (Wildman–Crippen MR) is 157 cm³/mol. The summed E-state index contributed by atoms with van der Waals surface area (Å²) in [6.07, 6.45) is 5.30. The number of rotatable bonds is 6. The van der Waals surface area contributed by atoms with Crippen LogP contribution in [0, 0.1) is 11.8 Å². The zero-order chi connectivity index (χ0) is 31.3. The molecule has 4 atom stereocenters. The topological polar surface area (TPSA) is 136 Å². The van der Waals surface area contributed by atoms with Crippen LogP contribution < -0.4 is 5.32 Å². The molecule has 0 aromatic heterocycles. The summed E-state index contributed by atoms with van der Waals surface area (Å²) in [5.74, 6) is 0.914. The summed E-state index contributed by atoms with van der Waals surface area (Å²) in [5, 5.41) is 19.0. The fourth-order valence-corrected chi connectivity index (χ4v) is 5.16. The largest absolute Gasteiger partial charge is 0.444 e. The Balaban J connectivity index is 0.000000391. The number of hydrogen-bond acceptors (Lipinski definition) is 9. The van der Waals surface area contributed by atoms with E-state index in [1.165, 1.54) is 6.42 Å². The second-order valence-corrected chi connectivity index (χ2v) is 13.4. The lowest BCUT2D eigenvalue weighted by molar-refractivity contribution is -0.0639. The molecule has 41 heavy (non-hydrogen) atoms. The number of aliphatic hydroxyl groups excluding tert-OH is 2. The monoisotopic (exact) mass is 590 g/mol. The molecular formula is C30H58N2O9. The van der Waals surface area contributed by atoms with Crippen LogP contribution in [0.5, 0.6) is 0 Å². The van der Waals surface area contributed by atoms with Crippen molar-refractivity contribution >= 4 is 12.2 Å². The normalized spacial score (nSPS) is 25.0. The molecule has 3 fully saturated rings. The Morgan fingerprint density at radius 3 is 1.93 bits per heavy atom. The Morgan fingerprint density at radius 2 is 1.46 bits per heavy atom. The van der Waals surface area contributed by atoms with Gasteiger partial charge in [-0.15, -0.1) is 0 Å². The zero-order valence-electron chi connectivity index (χ0n) is 27.0. The molecule has 11 heteroatoms. The summed E-state index contributed by atoms with van der Waals surface area (Å²) < 4.78 is 27.5. The molecule has 3 heterocycles. The molecule has 0 bridgehead atoms. The van der Waals surface area contributed by atoms with Gasteiger partial charge in [-0.1, -0.05) is 0 Å². The van der Waals surface area contributed by atoms with Crippen LogP contribution in [0.4, 0.5) is 9.59 Å². The summed E-state index contributed by atoms with van der Waals surface area (Å²) in [7, 11) is 1.00. The first kappa shape index (κ1) is 37.4. The highest BCUT2D eigenvalue weighted by Crippen LogP contribution is 2.33. The van der Waals surface area contributed by atoms with Gasteiger partial charge in [0.05, 0.1) is 25.3 Å². The van der Waals surface area contributed by atoms with Crippen LogP contribution in [0.15, 0.2) is 0 Å². The number of carbonyl (C=O) groups is 2. The first-order valence-electron chi connectivity index (χ1n) is 15.0. The molecule has 0 spiro atoms. The number of nitrogens with zero attached hydrogens (tertiary/aromatic N) is 1. The van der Waals surface area contributed by atoms with Crippen LogP contribution in [-0.4, -0.2) is 103 Å². The van der Waals surface area contributed by atoms with Crippen LogP contribution >= 0.6 is 0 Å². The minimum atomic E-state index is -0.609. The summed E-state index contributed by atoms with van der Waals surface area (Å²) in [4.78, 5) is 25.9. The van der Waals surface area contributed by atoms with Gasteiger partial charge in [-0.25, -0.2) is 9.59 Å². The highest BCUT2D eigenvalue weighted by molar-refractivity contribution is 5.69. The van der Waals surface area contributed by atoms with Crippen molar-refractivity contribution in [3.05, 3.63) is 0 Å². The Hall–Kier alpha value is -1.66. The van der Waals surface area contributed by atoms with Crippen molar-refractivity contribution in [3.8, 4) is 0 Å². The maximum atomic E-state index is 12.5. The molecular weight excluding hydrogens is 532 g/mol. The fourth-order valence-electron chi connectivity index (χ4n) is 5.16. The molecule has 0 radical (unpaired) electrons. The standard InChI is InChI=1S/C16H29NO4.C13H25NO4.CH4O/c1-15(2,3)21-14(18)17-13(11-20-16(17,4)5)9-12-7-6-8-19-10-12;1-13(2,3)18-12(16)14-11(8-15)7-10-5-4-6-17-9-10;1-2/h12-13H,6-11H2,1-5H3;10-11,15H,4-9H2,1-3H3,(H,14,16);2H,1H3/t12-,13+;10-,11+;/m11./s1. The SMILES string of the molecule is CC(C)(C)OC(=O)N1[C@@H](C[C@H]2CCCOC2)COC1(C)C.CC(C)(C)OC(=O)N[C@H](CO)C[C@H]1CCCOC1.CO. The second-order valence-electron chi connectivity index (χ2n) is 13.4. The van der Waals surface area contributed by atoms with E-state index in [2.05, 4.69) is 5.32 Å². The molecule has 11 nitrogen and oxygen atoms in total. The average Bonchev–Trinajstić information content (AvgIpc) is 3.18. The van der Waals surface area contributed by atoms with E-state index in [1.807, 2.05) is 55.4 Å². The maximum Gasteiger partial charge on any atom is 0.412 e. The molecule has 3 aliphatic rings. The third-order valence-electron chi connectivity index (χ3n) is 6.84. The van der Waals surface area contributed by atoms with E-state index in [4.69, 9.17) is 28.8 Å². The van der Waals surface area contributed by atoms with E-state index in [1.54, 1.807) is 4.90 Å². The molecule has 0 unspecified atom stereocenters. The van der Waals surface area contributed by atoms with Crippen molar-refractivity contribution in [2.24, 2.45) is 11.8 Å². The van der Waals surface area contributed by atoms with Gasteiger partial charge in [0.2, 0.25) is 0 Å². The van der Waals surface area contributed by atoms with Gasteiger partial charge in [0.1, 0.15) is 16.9 Å². The van der Waals surface area contributed by atoms with Crippen molar-refractivity contribution in [2.75, 3.05) is 46.8 Å². The first-order chi connectivity index (χ1) is 19.1. The molecule has 3 N–H and O–H groups in total. The van der Waals surface area contributed by atoms with E-state index in [0.29, 0.717) is 25.0 Å². The molecule has 2 amide bonds. The van der Waals surface area contributed by atoms with Gasteiger partial charge in [0, 0.05) is 33.5 Å². The van der Waals surface area contributed by atoms with Gasteiger partial charge in [-0.3, -0.25) is 4.90 Å². The predicted octanol–water partition coefficient (Wildman–Crippen LogP) is 4.47. The van der Waals surface area contributed by atoms with E-state index in [-0.39, 0.29) is 24.8 Å². The van der Waals surface area contributed by atoms with E-state index >= 15 is 0 Å². The lowest BCUT2D eigenvalue weighted by Gasteiger charge is -2.36. The van der Waals surface area contributed by atoms with Crippen molar-refractivity contribution in [1.82, 2.24) is 10.2 Å². The zero-order valence-corrected chi connectivity index (χ0v) is 27.0. The second kappa shape index (κ2) is 17.5. The first-order valence-corrected chi connectivity index (χ1v) is 15.0. The third-order valence-corrected chi connectivity index (χ3v) is 6.84. The van der Waals surface area contributed by atoms with E-state index < -0.39 is 23.0 Å². The quantitative estimate of drug-likeness (QED) is 0.409. The lowest BCUT2D eigenvalue weighted by atomic mass is 9.94. The van der Waals surface area contributed by atoms with Gasteiger partial charge in [0.25, 0.3) is 0 Å². The Kier molecular flexibility index (Phi) is 15.9. The molecule has 0 aromatic carbocycles. The number of aliphatic hydroxyl groups is 2. The summed E-state index contributed by atoms with van der Waals surface area (Å²) in [6.45, 7) is 18.6. The third kappa shape index (κ3) is 14.9. The minimum Gasteiger partial charge on any atom is -0.444 e. The van der Waals surface area contributed by atoms with E-state index in [0.717, 1.165) is 59.0 Å². The van der Waals surface area contributed by atoms with Gasteiger partial charge < -0.3 is 39.2 Å². The van der Waals surface area contributed by atoms with Crippen LogP contribution in [0.25, 0.3) is 0 Å². The lowest BCUT2D eigenvalue weighted by Crippen LogP contribution is -2.50. The molecule has 3 saturated heterocycles. The molecule has 3 aliphatic heterocycles. The highest BCUT2D eigenvalue weighted by Gasteiger charge is 2.46. The molecule has 0 aliphatic carbocycles. The molecule has 0 aromatic rings. The number of alkyl carbamates (subject to hydrolysis) is 1. The number of hydrogen-bond donors (Lipinski definition) is 3. The number of carbonyl (C=O) groups excluding carboxylic acids is 2. The Bertz CT molecular complexity index is 752. The van der Waals surface area contributed by atoms with Gasteiger partial charge in [-0.05, 0) is 106 Å². The minimum absolute atomic E-state index is 0.0709. The van der Waals surface area contributed by atoms with Gasteiger partial charge >= 0.3 is 12.2 Å². The van der Waals surface area contributed by atoms with Gasteiger partial charge in [0.15, 0.2) is 0 Å². The average molecular weight is 591 g/mol. The summed E-state index contributed by atoms with van der Waals surface area (Å²) in [5.41, 5.74) is -1.62. The van der Waals surface area contributed by atoms with Crippen LogP contribution in [0.1, 0.15) is 93.9 Å². The van der Waals surface area contributed by atoms with Crippen LogP contribution in [-0.2, 0) is 23.7 Å². The molecule has 3 rings (SSSR count). The number of ether oxygens (including phenoxy) is 5. The molecule has 242 valence electrons. The number of amides is 2. The van der Waals surface area contributed by atoms with Crippen molar-refractivity contribution in [3.63, 3.8) is 0 Å². The number of nitrogens with one attached hydrogen (secondary N) is 1. The Labute approximate surface area is 247 Å². The Morgan fingerprint density at radius 1 is 0.927 bits per heavy atom. The maximum absolute atomic E-state index is 12.5. The smallest absolute Gasteiger partial charge is 0.412 e. The summed E-state index contributed by atoms with van der Waals surface area (Å²) in [6, 6.07) is -0.187. The van der Waals surface area contributed by atoms with Crippen molar-refractivity contribution in [1.29, 1.82) is 0 Å².